The molecular formula is C21H24O8. The van der Waals surface area contributed by atoms with Gasteiger partial charge < -0.3 is 39.7 Å². The molecule has 2 aromatic rings. The van der Waals surface area contributed by atoms with E-state index in [1.165, 1.54) is 0 Å². The highest BCUT2D eigenvalue weighted by Gasteiger charge is 2.44. The van der Waals surface area contributed by atoms with Crippen molar-refractivity contribution in [2.75, 3.05) is 6.61 Å². The molecule has 4 rings (SSSR count). The lowest BCUT2D eigenvalue weighted by molar-refractivity contribution is -0.277. The molecule has 5 N–H and O–H groups in total. The maximum Gasteiger partial charge on any atom is 0.229 e. The fraction of sp³-hybridized carbons (Fsp3) is 0.429. The summed E-state index contributed by atoms with van der Waals surface area (Å²) < 4.78 is 17.0. The summed E-state index contributed by atoms with van der Waals surface area (Å²) in [6.07, 6.45) is -7.64. The lowest BCUT2D eigenvalue weighted by Crippen LogP contribution is -2.60. The first-order chi connectivity index (χ1) is 14.0. The zero-order valence-electron chi connectivity index (χ0n) is 15.5. The standard InChI is InChI=1S/C21H24O8/c22-10-16-17(24)18(25)19(26)21(29-16)27-13-6-7-15-12(8-13)9-14(23)20(28-15)11-4-2-1-3-5-11/h1-8,14,16-26H,9-10H2/t14?,16-,17-,18+,19-,20?,21+/m1/s1. The van der Waals surface area contributed by atoms with Crippen molar-refractivity contribution in [3.8, 4) is 11.5 Å². The maximum absolute atomic E-state index is 10.5. The largest absolute Gasteiger partial charge is 0.483 e. The third-order valence-corrected chi connectivity index (χ3v) is 5.29. The second-order valence-electron chi connectivity index (χ2n) is 7.31. The van der Waals surface area contributed by atoms with E-state index >= 15 is 0 Å². The van der Waals surface area contributed by atoms with E-state index in [1.54, 1.807) is 18.2 Å². The van der Waals surface area contributed by atoms with Crippen LogP contribution in [0.15, 0.2) is 48.5 Å². The Labute approximate surface area is 167 Å². The fourth-order valence-corrected chi connectivity index (χ4v) is 3.68. The van der Waals surface area contributed by atoms with E-state index in [0.29, 0.717) is 17.9 Å². The number of hydrogen-bond donors (Lipinski definition) is 5. The second-order valence-corrected chi connectivity index (χ2v) is 7.31. The molecule has 2 aromatic carbocycles. The number of hydrogen-bond acceptors (Lipinski definition) is 8. The predicted octanol–water partition coefficient (Wildman–Crippen LogP) is -0.0976. The van der Waals surface area contributed by atoms with Gasteiger partial charge in [-0.3, -0.25) is 0 Å². The first-order valence-electron chi connectivity index (χ1n) is 9.47. The first-order valence-corrected chi connectivity index (χ1v) is 9.47. The van der Waals surface area contributed by atoms with Crippen LogP contribution in [0.2, 0.25) is 0 Å². The fourth-order valence-electron chi connectivity index (χ4n) is 3.68. The van der Waals surface area contributed by atoms with Gasteiger partial charge in [-0.2, -0.15) is 0 Å². The van der Waals surface area contributed by atoms with Crippen molar-refractivity contribution >= 4 is 0 Å². The van der Waals surface area contributed by atoms with Crippen LogP contribution in [0.25, 0.3) is 0 Å². The smallest absolute Gasteiger partial charge is 0.229 e. The molecule has 156 valence electrons. The third-order valence-electron chi connectivity index (χ3n) is 5.29. The van der Waals surface area contributed by atoms with E-state index in [0.717, 1.165) is 11.1 Å². The molecule has 0 bridgehead atoms. The molecule has 0 aliphatic carbocycles. The van der Waals surface area contributed by atoms with Gasteiger partial charge in [0.1, 0.15) is 42.0 Å². The highest BCUT2D eigenvalue weighted by Crippen LogP contribution is 2.37. The maximum atomic E-state index is 10.5. The number of fused-ring (bicyclic) bond motifs is 1. The number of ether oxygens (including phenoxy) is 3. The van der Waals surface area contributed by atoms with Crippen LogP contribution in [-0.4, -0.2) is 68.9 Å². The third kappa shape index (κ3) is 3.95. The zero-order chi connectivity index (χ0) is 20.5. The minimum Gasteiger partial charge on any atom is -0.483 e. The molecule has 0 spiro atoms. The molecule has 8 heteroatoms. The molecule has 0 aromatic heterocycles. The number of aliphatic hydroxyl groups is 5. The Morgan fingerprint density at radius 2 is 1.69 bits per heavy atom. The molecular weight excluding hydrogens is 380 g/mol. The van der Waals surface area contributed by atoms with E-state index in [4.69, 9.17) is 14.2 Å². The Hall–Kier alpha value is -2.20. The van der Waals surface area contributed by atoms with Crippen LogP contribution in [0.4, 0.5) is 0 Å². The Morgan fingerprint density at radius 1 is 0.931 bits per heavy atom. The van der Waals surface area contributed by atoms with Gasteiger partial charge in [-0.15, -0.1) is 0 Å². The molecule has 8 nitrogen and oxygen atoms in total. The summed E-state index contributed by atoms with van der Waals surface area (Å²) >= 11 is 0. The van der Waals surface area contributed by atoms with Crippen LogP contribution in [0.3, 0.4) is 0 Å². The highest BCUT2D eigenvalue weighted by atomic mass is 16.7. The molecule has 1 fully saturated rings. The van der Waals surface area contributed by atoms with E-state index in [9.17, 15) is 25.5 Å². The summed E-state index contributed by atoms with van der Waals surface area (Å²) in [5.74, 6) is 0.951. The van der Waals surface area contributed by atoms with Crippen molar-refractivity contribution in [1.82, 2.24) is 0 Å². The van der Waals surface area contributed by atoms with Gasteiger partial charge in [-0.05, 0) is 23.8 Å². The quantitative estimate of drug-likeness (QED) is 0.478. The summed E-state index contributed by atoms with van der Waals surface area (Å²) in [5, 5.41) is 49.7. The topological polar surface area (TPSA) is 129 Å². The Morgan fingerprint density at radius 3 is 2.41 bits per heavy atom. The lowest BCUT2D eigenvalue weighted by Gasteiger charge is -2.39. The summed E-state index contributed by atoms with van der Waals surface area (Å²) in [7, 11) is 0. The predicted molar refractivity (Wildman–Crippen MR) is 100 cm³/mol. The van der Waals surface area contributed by atoms with Crippen LogP contribution in [0.1, 0.15) is 17.2 Å². The minimum atomic E-state index is -1.51. The SMILES string of the molecule is OC[C@H]1O[C@H](Oc2ccc3c(c2)CC(O)C(c2ccccc2)O3)[C@H](O)[C@@H](O)[C@@H]1O. The molecule has 0 amide bonds. The van der Waals surface area contributed by atoms with Gasteiger partial charge in [0.15, 0.2) is 0 Å². The van der Waals surface area contributed by atoms with Crippen molar-refractivity contribution < 1.29 is 39.7 Å². The van der Waals surface area contributed by atoms with Crippen molar-refractivity contribution in [3.63, 3.8) is 0 Å². The summed E-state index contributed by atoms with van der Waals surface area (Å²) in [6.45, 7) is -0.532. The minimum absolute atomic E-state index is 0.335. The van der Waals surface area contributed by atoms with Crippen molar-refractivity contribution in [2.24, 2.45) is 0 Å². The van der Waals surface area contributed by atoms with E-state index in [1.807, 2.05) is 30.3 Å². The second kappa shape index (κ2) is 8.27. The molecule has 1 saturated heterocycles. The van der Waals surface area contributed by atoms with Crippen LogP contribution in [0.5, 0.6) is 11.5 Å². The lowest BCUT2D eigenvalue weighted by atomic mass is 9.94. The van der Waals surface area contributed by atoms with Gasteiger partial charge in [0, 0.05) is 12.0 Å². The summed E-state index contributed by atoms with van der Waals surface area (Å²) in [6, 6.07) is 14.5. The number of benzene rings is 2. The van der Waals surface area contributed by atoms with Gasteiger partial charge in [-0.25, -0.2) is 0 Å². The zero-order valence-corrected chi connectivity index (χ0v) is 15.5. The van der Waals surface area contributed by atoms with Crippen molar-refractivity contribution in [2.45, 2.75) is 49.3 Å². The molecule has 2 heterocycles. The number of rotatable bonds is 4. The van der Waals surface area contributed by atoms with Crippen molar-refractivity contribution in [3.05, 3.63) is 59.7 Å². The van der Waals surface area contributed by atoms with Gasteiger partial charge in [0.2, 0.25) is 6.29 Å². The monoisotopic (exact) mass is 404 g/mol. The van der Waals surface area contributed by atoms with Crippen LogP contribution < -0.4 is 9.47 Å². The van der Waals surface area contributed by atoms with Gasteiger partial charge >= 0.3 is 0 Å². The van der Waals surface area contributed by atoms with Gasteiger partial charge in [0.25, 0.3) is 0 Å². The normalized spacial score (nSPS) is 34.2. The van der Waals surface area contributed by atoms with Crippen LogP contribution in [0, 0.1) is 0 Å². The molecule has 2 aliphatic rings. The van der Waals surface area contributed by atoms with E-state index in [2.05, 4.69) is 0 Å². The summed E-state index contributed by atoms with van der Waals surface area (Å²) in [5.41, 5.74) is 1.61. The molecule has 2 unspecified atom stereocenters. The highest BCUT2D eigenvalue weighted by molar-refractivity contribution is 5.43. The molecule has 7 atom stereocenters. The Kier molecular flexibility index (Phi) is 5.73. The Balaban J connectivity index is 1.50. The molecule has 0 saturated carbocycles. The van der Waals surface area contributed by atoms with Crippen LogP contribution >= 0.6 is 0 Å². The van der Waals surface area contributed by atoms with Crippen LogP contribution in [-0.2, 0) is 11.2 Å². The molecule has 29 heavy (non-hydrogen) atoms. The average Bonchev–Trinajstić information content (AvgIpc) is 2.74. The number of aliphatic hydroxyl groups excluding tert-OH is 5. The molecule has 2 aliphatic heterocycles. The van der Waals surface area contributed by atoms with Gasteiger partial charge in [0.05, 0.1) is 12.7 Å². The average molecular weight is 404 g/mol. The Bertz CT molecular complexity index is 827. The van der Waals surface area contributed by atoms with Crippen molar-refractivity contribution in [1.29, 1.82) is 0 Å². The van der Waals surface area contributed by atoms with E-state index < -0.39 is 49.5 Å². The molecule has 0 radical (unpaired) electrons. The summed E-state index contributed by atoms with van der Waals surface area (Å²) in [4.78, 5) is 0. The van der Waals surface area contributed by atoms with Gasteiger partial charge in [-0.1, -0.05) is 30.3 Å². The first kappa shape index (κ1) is 20.1. The van der Waals surface area contributed by atoms with E-state index in [-0.39, 0.29) is 0 Å².